The van der Waals surface area contributed by atoms with Gasteiger partial charge in [-0.2, -0.15) is 5.10 Å². The smallest absolute Gasteiger partial charge is 0.0641 e. The number of nitrogens with two attached hydrogens (primary N) is 1. The third-order valence-corrected chi connectivity index (χ3v) is 2.86. The van der Waals surface area contributed by atoms with Gasteiger partial charge < -0.3 is 10.6 Å². The van der Waals surface area contributed by atoms with Crippen LogP contribution in [0.1, 0.15) is 30.8 Å². The van der Waals surface area contributed by atoms with Gasteiger partial charge in [0.2, 0.25) is 0 Å². The first-order valence-electron chi connectivity index (χ1n) is 5.92. The minimum absolute atomic E-state index is 0.215. The van der Waals surface area contributed by atoms with Gasteiger partial charge in [0.1, 0.15) is 0 Å². The summed E-state index contributed by atoms with van der Waals surface area (Å²) in [5.74, 6) is 0. The molecule has 1 aromatic rings. The predicted molar refractivity (Wildman–Crippen MR) is 67.4 cm³/mol. The van der Waals surface area contributed by atoms with Crippen molar-refractivity contribution in [3.8, 4) is 0 Å². The van der Waals surface area contributed by atoms with Gasteiger partial charge in [-0.25, -0.2) is 0 Å². The van der Waals surface area contributed by atoms with Crippen molar-refractivity contribution < 1.29 is 0 Å². The maximum Gasteiger partial charge on any atom is 0.0641 e. The molecule has 0 aliphatic heterocycles. The highest BCUT2D eigenvalue weighted by atomic mass is 15.3. The maximum atomic E-state index is 5.79. The van der Waals surface area contributed by atoms with E-state index in [4.69, 9.17) is 5.73 Å². The normalized spacial score (nSPS) is 13.4. The molecular weight excluding hydrogens is 200 g/mol. The van der Waals surface area contributed by atoms with Crippen molar-refractivity contribution in [1.29, 1.82) is 0 Å². The molecule has 4 heteroatoms. The number of hydrogen-bond acceptors (Lipinski definition) is 3. The average Bonchev–Trinajstić information content (AvgIpc) is 2.44. The topological polar surface area (TPSA) is 47.1 Å². The fourth-order valence-corrected chi connectivity index (χ4v) is 2.10. The Morgan fingerprint density at radius 2 is 2.06 bits per heavy atom. The van der Waals surface area contributed by atoms with Gasteiger partial charge in [0.05, 0.1) is 5.69 Å². The second-order valence-electron chi connectivity index (χ2n) is 4.64. The van der Waals surface area contributed by atoms with Gasteiger partial charge in [0, 0.05) is 36.9 Å². The highest BCUT2D eigenvalue weighted by Crippen LogP contribution is 2.14. The first-order valence-corrected chi connectivity index (χ1v) is 5.92. The van der Waals surface area contributed by atoms with Crippen LogP contribution in [0.3, 0.4) is 0 Å². The van der Waals surface area contributed by atoms with Crippen molar-refractivity contribution in [3.05, 3.63) is 17.0 Å². The molecule has 1 rings (SSSR count). The molecule has 0 fully saturated rings. The zero-order valence-electron chi connectivity index (χ0n) is 11.1. The Morgan fingerprint density at radius 1 is 1.44 bits per heavy atom. The van der Waals surface area contributed by atoms with Gasteiger partial charge in [-0.1, -0.05) is 0 Å². The van der Waals surface area contributed by atoms with Gasteiger partial charge >= 0.3 is 0 Å². The van der Waals surface area contributed by atoms with Crippen molar-refractivity contribution in [3.63, 3.8) is 0 Å². The molecule has 0 radical (unpaired) electrons. The highest BCUT2D eigenvalue weighted by Gasteiger charge is 2.12. The summed E-state index contributed by atoms with van der Waals surface area (Å²) in [7, 11) is 2.10. The van der Waals surface area contributed by atoms with Crippen LogP contribution in [-0.2, 0) is 13.1 Å². The molecule has 0 saturated carbocycles. The monoisotopic (exact) mass is 224 g/mol. The van der Waals surface area contributed by atoms with Gasteiger partial charge in [0.15, 0.2) is 0 Å². The molecule has 0 amide bonds. The van der Waals surface area contributed by atoms with E-state index in [1.165, 1.54) is 11.3 Å². The summed E-state index contributed by atoms with van der Waals surface area (Å²) >= 11 is 0. The number of aryl methyl sites for hydroxylation is 2. The van der Waals surface area contributed by atoms with Crippen LogP contribution in [0.15, 0.2) is 0 Å². The highest BCUT2D eigenvalue weighted by molar-refractivity contribution is 5.24. The van der Waals surface area contributed by atoms with E-state index in [1.807, 2.05) is 6.92 Å². The summed E-state index contributed by atoms with van der Waals surface area (Å²) in [5.41, 5.74) is 9.54. The van der Waals surface area contributed by atoms with Crippen LogP contribution in [0, 0.1) is 13.8 Å². The molecule has 0 aromatic carbocycles. The van der Waals surface area contributed by atoms with Crippen molar-refractivity contribution in [2.45, 2.75) is 46.8 Å². The Hall–Kier alpha value is -0.870. The largest absolute Gasteiger partial charge is 0.327 e. The number of hydrogen-bond donors (Lipinski definition) is 1. The predicted octanol–water partition coefficient (Wildman–Crippen LogP) is 1.30. The van der Waals surface area contributed by atoms with E-state index in [1.54, 1.807) is 0 Å². The minimum Gasteiger partial charge on any atom is -0.327 e. The van der Waals surface area contributed by atoms with E-state index in [0.717, 1.165) is 25.3 Å². The number of aromatic nitrogens is 2. The molecule has 4 nitrogen and oxygen atoms in total. The average molecular weight is 224 g/mol. The lowest BCUT2D eigenvalue weighted by Gasteiger charge is -2.19. The lowest BCUT2D eigenvalue weighted by atomic mass is 10.2. The van der Waals surface area contributed by atoms with Crippen molar-refractivity contribution in [2.24, 2.45) is 5.73 Å². The van der Waals surface area contributed by atoms with Gasteiger partial charge in [-0.3, -0.25) is 4.68 Å². The van der Waals surface area contributed by atoms with Crippen LogP contribution in [0.25, 0.3) is 0 Å². The third kappa shape index (κ3) is 3.06. The Labute approximate surface area is 98.4 Å². The van der Waals surface area contributed by atoms with Crippen LogP contribution in [0.5, 0.6) is 0 Å². The quantitative estimate of drug-likeness (QED) is 0.820. The molecule has 16 heavy (non-hydrogen) atoms. The molecular formula is C12H24N4. The number of likely N-dealkylation sites (N-methyl/N-ethyl adjacent to an activating group) is 1. The SMILES string of the molecule is CCn1nc(C)c(CN(C)C[C@H](C)N)c1C. The lowest BCUT2D eigenvalue weighted by molar-refractivity contribution is 0.308. The summed E-state index contributed by atoms with van der Waals surface area (Å²) in [4.78, 5) is 2.25. The number of nitrogens with zero attached hydrogens (tertiary/aromatic N) is 3. The van der Waals surface area contributed by atoms with Crippen molar-refractivity contribution in [1.82, 2.24) is 14.7 Å². The number of rotatable bonds is 5. The zero-order chi connectivity index (χ0) is 12.3. The van der Waals surface area contributed by atoms with Crippen LogP contribution in [0.4, 0.5) is 0 Å². The molecule has 0 aliphatic rings. The summed E-state index contributed by atoms with van der Waals surface area (Å²) < 4.78 is 2.06. The molecule has 1 heterocycles. The molecule has 92 valence electrons. The van der Waals surface area contributed by atoms with Crippen molar-refractivity contribution >= 4 is 0 Å². The summed E-state index contributed by atoms with van der Waals surface area (Å²) in [6.45, 7) is 11.1. The third-order valence-electron chi connectivity index (χ3n) is 2.86. The fraction of sp³-hybridized carbons (Fsp3) is 0.750. The first kappa shape index (κ1) is 13.2. The molecule has 0 saturated heterocycles. The van der Waals surface area contributed by atoms with E-state index in [0.29, 0.717) is 0 Å². The standard InChI is InChI=1S/C12H24N4/c1-6-16-11(4)12(10(3)14-16)8-15(5)7-9(2)13/h9H,6-8,13H2,1-5H3/t9-/m0/s1. The molecule has 0 unspecified atom stereocenters. The van der Waals surface area contributed by atoms with Crippen LogP contribution < -0.4 is 5.73 Å². The molecule has 0 bridgehead atoms. The van der Waals surface area contributed by atoms with Crippen LogP contribution in [0.2, 0.25) is 0 Å². The van der Waals surface area contributed by atoms with Gasteiger partial charge in [-0.05, 0) is 34.7 Å². The van der Waals surface area contributed by atoms with E-state index in [2.05, 4.69) is 42.5 Å². The van der Waals surface area contributed by atoms with Crippen molar-refractivity contribution in [2.75, 3.05) is 13.6 Å². The fourth-order valence-electron chi connectivity index (χ4n) is 2.10. The Morgan fingerprint density at radius 3 is 2.50 bits per heavy atom. The Balaban J connectivity index is 2.76. The Kier molecular flexibility index (Phi) is 4.50. The van der Waals surface area contributed by atoms with E-state index < -0.39 is 0 Å². The lowest BCUT2D eigenvalue weighted by Crippen LogP contribution is -2.32. The summed E-state index contributed by atoms with van der Waals surface area (Å²) in [6, 6.07) is 0.215. The molecule has 1 atom stereocenters. The van der Waals surface area contributed by atoms with Crippen LogP contribution >= 0.6 is 0 Å². The van der Waals surface area contributed by atoms with E-state index in [-0.39, 0.29) is 6.04 Å². The summed E-state index contributed by atoms with van der Waals surface area (Å²) in [5, 5.41) is 4.52. The molecule has 0 aliphatic carbocycles. The van der Waals surface area contributed by atoms with Gasteiger partial charge in [0.25, 0.3) is 0 Å². The molecule has 1 aromatic heterocycles. The summed E-state index contributed by atoms with van der Waals surface area (Å²) in [6.07, 6.45) is 0. The molecule has 0 spiro atoms. The van der Waals surface area contributed by atoms with Crippen LogP contribution in [-0.4, -0.2) is 34.3 Å². The first-order chi connectivity index (χ1) is 7.45. The minimum atomic E-state index is 0.215. The zero-order valence-corrected chi connectivity index (χ0v) is 11.1. The molecule has 2 N–H and O–H groups in total. The maximum absolute atomic E-state index is 5.79. The van der Waals surface area contributed by atoms with E-state index in [9.17, 15) is 0 Å². The van der Waals surface area contributed by atoms with Gasteiger partial charge in [-0.15, -0.1) is 0 Å². The second kappa shape index (κ2) is 5.46. The Bertz CT molecular complexity index is 341. The van der Waals surface area contributed by atoms with E-state index >= 15 is 0 Å². The second-order valence-corrected chi connectivity index (χ2v) is 4.64.